The van der Waals surface area contributed by atoms with Crippen LogP contribution in [-0.2, 0) is 0 Å². The van der Waals surface area contributed by atoms with Crippen molar-refractivity contribution in [2.75, 3.05) is 0 Å². The van der Waals surface area contributed by atoms with E-state index in [1.165, 1.54) is 6.92 Å². The summed E-state index contributed by atoms with van der Waals surface area (Å²) < 4.78 is 0.498. The Balaban J connectivity index is 3.32. The molecule has 0 aromatic carbocycles. The Hall–Kier alpha value is -0.410. The minimum atomic E-state index is -0.0880. The van der Waals surface area contributed by atoms with Gasteiger partial charge in [-0.1, -0.05) is 11.6 Å². The fourth-order valence-electron chi connectivity index (χ4n) is 0.728. The first-order valence-electron chi connectivity index (χ1n) is 2.94. The van der Waals surface area contributed by atoms with Gasteiger partial charge in [0.1, 0.15) is 4.60 Å². The Kier molecular flexibility index (Phi) is 2.62. The Labute approximate surface area is 77.7 Å². The van der Waals surface area contributed by atoms with E-state index in [9.17, 15) is 4.79 Å². The molecule has 0 bridgehead atoms. The van der Waals surface area contributed by atoms with Crippen molar-refractivity contribution >= 4 is 33.3 Å². The van der Waals surface area contributed by atoms with Crippen molar-refractivity contribution in [1.82, 2.24) is 4.98 Å². The van der Waals surface area contributed by atoms with Gasteiger partial charge in [0.15, 0.2) is 5.78 Å². The molecule has 11 heavy (non-hydrogen) atoms. The summed E-state index contributed by atoms with van der Waals surface area (Å²) in [7, 11) is 0. The van der Waals surface area contributed by atoms with Crippen LogP contribution >= 0.6 is 27.5 Å². The van der Waals surface area contributed by atoms with E-state index in [1.54, 1.807) is 12.3 Å². The largest absolute Gasteiger partial charge is 0.294 e. The molecular weight excluding hydrogens is 229 g/mol. The molecule has 0 aliphatic carbocycles. The Bertz CT molecular complexity index is 280. The molecule has 2 nitrogen and oxygen atoms in total. The lowest BCUT2D eigenvalue weighted by molar-refractivity contribution is 0.101. The molecule has 0 atom stereocenters. The van der Waals surface area contributed by atoms with E-state index in [2.05, 4.69) is 20.9 Å². The number of halogens is 2. The van der Waals surface area contributed by atoms with Crippen LogP contribution in [0.1, 0.15) is 17.3 Å². The van der Waals surface area contributed by atoms with Crippen molar-refractivity contribution in [3.63, 3.8) is 0 Å². The normalized spacial score (nSPS) is 9.73. The maximum absolute atomic E-state index is 10.9. The second kappa shape index (κ2) is 3.32. The summed E-state index contributed by atoms with van der Waals surface area (Å²) in [6.07, 6.45) is 1.54. The zero-order valence-electron chi connectivity index (χ0n) is 5.77. The Morgan fingerprint density at radius 3 is 2.73 bits per heavy atom. The fourth-order valence-corrected chi connectivity index (χ4v) is 1.73. The maximum Gasteiger partial charge on any atom is 0.164 e. The number of hydrogen-bond acceptors (Lipinski definition) is 2. The molecule has 0 radical (unpaired) electrons. The summed E-state index contributed by atoms with van der Waals surface area (Å²) in [5, 5.41) is 0.430. The average molecular weight is 234 g/mol. The van der Waals surface area contributed by atoms with Crippen LogP contribution in [0.4, 0.5) is 0 Å². The van der Waals surface area contributed by atoms with E-state index in [-0.39, 0.29) is 5.78 Å². The van der Waals surface area contributed by atoms with Crippen molar-refractivity contribution in [2.45, 2.75) is 6.92 Å². The smallest absolute Gasteiger partial charge is 0.164 e. The van der Waals surface area contributed by atoms with Gasteiger partial charge in [-0.25, -0.2) is 4.98 Å². The first kappa shape index (κ1) is 8.68. The standard InChI is InChI=1S/C7H5BrClNO/c1-4(11)6-5(9)2-3-10-7(6)8/h2-3H,1H3. The molecule has 0 aliphatic heterocycles. The van der Waals surface area contributed by atoms with Crippen LogP contribution in [0.15, 0.2) is 16.9 Å². The zero-order valence-corrected chi connectivity index (χ0v) is 8.11. The van der Waals surface area contributed by atoms with E-state index in [0.29, 0.717) is 15.2 Å². The first-order chi connectivity index (χ1) is 5.13. The third-order valence-corrected chi connectivity index (χ3v) is 2.12. The minimum Gasteiger partial charge on any atom is -0.294 e. The quantitative estimate of drug-likeness (QED) is 0.552. The zero-order chi connectivity index (χ0) is 8.43. The third-order valence-electron chi connectivity index (χ3n) is 1.21. The highest BCUT2D eigenvalue weighted by Crippen LogP contribution is 2.22. The topological polar surface area (TPSA) is 30.0 Å². The van der Waals surface area contributed by atoms with Gasteiger partial charge >= 0.3 is 0 Å². The predicted octanol–water partition coefficient (Wildman–Crippen LogP) is 2.70. The lowest BCUT2D eigenvalue weighted by Gasteiger charge is -1.99. The van der Waals surface area contributed by atoms with Gasteiger partial charge in [-0.2, -0.15) is 0 Å². The summed E-state index contributed by atoms with van der Waals surface area (Å²) in [5.74, 6) is -0.0880. The number of rotatable bonds is 1. The minimum absolute atomic E-state index is 0.0880. The Morgan fingerprint density at radius 1 is 1.73 bits per heavy atom. The van der Waals surface area contributed by atoms with E-state index in [1.807, 2.05) is 0 Å². The van der Waals surface area contributed by atoms with Crippen LogP contribution in [0.2, 0.25) is 5.02 Å². The third kappa shape index (κ3) is 1.79. The van der Waals surface area contributed by atoms with Gasteiger partial charge in [0, 0.05) is 6.20 Å². The fraction of sp³-hybridized carbons (Fsp3) is 0.143. The number of Topliss-reactive ketones (excluding diaryl/α,β-unsaturated/α-hetero) is 1. The molecule has 0 fully saturated rings. The SMILES string of the molecule is CC(=O)c1c(Cl)ccnc1Br. The number of hydrogen-bond donors (Lipinski definition) is 0. The van der Waals surface area contributed by atoms with E-state index < -0.39 is 0 Å². The van der Waals surface area contributed by atoms with Crippen molar-refractivity contribution in [1.29, 1.82) is 0 Å². The molecule has 1 rings (SSSR count). The van der Waals surface area contributed by atoms with Crippen molar-refractivity contribution in [2.24, 2.45) is 0 Å². The van der Waals surface area contributed by atoms with Gasteiger partial charge in [0.25, 0.3) is 0 Å². The van der Waals surface area contributed by atoms with Gasteiger partial charge in [0.2, 0.25) is 0 Å². The highest BCUT2D eigenvalue weighted by atomic mass is 79.9. The van der Waals surface area contributed by atoms with Crippen molar-refractivity contribution < 1.29 is 4.79 Å². The lowest BCUT2D eigenvalue weighted by Crippen LogP contribution is -1.96. The molecule has 0 N–H and O–H groups in total. The van der Waals surface area contributed by atoms with Crippen molar-refractivity contribution in [3.8, 4) is 0 Å². The van der Waals surface area contributed by atoms with E-state index >= 15 is 0 Å². The maximum atomic E-state index is 10.9. The molecule has 4 heteroatoms. The highest BCUT2D eigenvalue weighted by molar-refractivity contribution is 9.10. The van der Waals surface area contributed by atoms with E-state index in [0.717, 1.165) is 0 Å². The lowest BCUT2D eigenvalue weighted by atomic mass is 10.2. The second-order valence-electron chi connectivity index (χ2n) is 2.01. The first-order valence-corrected chi connectivity index (χ1v) is 4.11. The molecule has 58 valence electrons. The molecule has 0 saturated heterocycles. The van der Waals surface area contributed by atoms with Crippen LogP contribution in [0.3, 0.4) is 0 Å². The van der Waals surface area contributed by atoms with Gasteiger partial charge < -0.3 is 0 Å². The molecule has 0 spiro atoms. The summed E-state index contributed by atoms with van der Waals surface area (Å²) >= 11 is 8.86. The van der Waals surface area contributed by atoms with Crippen LogP contribution in [0.5, 0.6) is 0 Å². The second-order valence-corrected chi connectivity index (χ2v) is 3.17. The van der Waals surface area contributed by atoms with Gasteiger partial charge in [-0.3, -0.25) is 4.79 Å². The number of ketones is 1. The van der Waals surface area contributed by atoms with Gasteiger partial charge in [-0.05, 0) is 28.9 Å². The van der Waals surface area contributed by atoms with E-state index in [4.69, 9.17) is 11.6 Å². The molecule has 0 unspecified atom stereocenters. The number of carbonyl (C=O) groups is 1. The Morgan fingerprint density at radius 2 is 2.36 bits per heavy atom. The number of pyridine rings is 1. The number of aromatic nitrogens is 1. The molecule has 0 aliphatic rings. The molecule has 1 aromatic heterocycles. The molecule has 0 saturated carbocycles. The molecular formula is C7H5BrClNO. The molecule has 0 amide bonds. The van der Waals surface area contributed by atoms with Gasteiger partial charge in [0.05, 0.1) is 10.6 Å². The summed E-state index contributed by atoms with van der Waals surface area (Å²) in [6, 6.07) is 1.59. The van der Waals surface area contributed by atoms with Crippen LogP contribution in [0.25, 0.3) is 0 Å². The summed E-state index contributed by atoms with van der Waals surface area (Å²) in [6.45, 7) is 1.45. The van der Waals surface area contributed by atoms with Crippen LogP contribution in [-0.4, -0.2) is 10.8 Å². The number of nitrogens with zero attached hydrogens (tertiary/aromatic N) is 1. The van der Waals surface area contributed by atoms with Gasteiger partial charge in [-0.15, -0.1) is 0 Å². The number of carbonyl (C=O) groups excluding carboxylic acids is 1. The van der Waals surface area contributed by atoms with Crippen LogP contribution < -0.4 is 0 Å². The summed E-state index contributed by atoms with van der Waals surface area (Å²) in [4.78, 5) is 14.8. The van der Waals surface area contributed by atoms with Crippen molar-refractivity contribution in [3.05, 3.63) is 27.5 Å². The van der Waals surface area contributed by atoms with Crippen LogP contribution in [0, 0.1) is 0 Å². The predicted molar refractivity (Wildman–Crippen MR) is 47.0 cm³/mol. The molecule has 1 heterocycles. The molecule has 1 aromatic rings. The summed E-state index contributed by atoms with van der Waals surface area (Å²) in [5.41, 5.74) is 0.439. The average Bonchev–Trinajstić information content (AvgIpc) is 1.85. The highest BCUT2D eigenvalue weighted by Gasteiger charge is 2.09. The monoisotopic (exact) mass is 233 g/mol.